The summed E-state index contributed by atoms with van der Waals surface area (Å²) in [7, 11) is 0. The molecule has 0 radical (unpaired) electrons. The number of benzene rings is 2. The van der Waals surface area contributed by atoms with Gasteiger partial charge in [0.2, 0.25) is 5.91 Å². The van der Waals surface area contributed by atoms with E-state index < -0.39 is 17.3 Å². The molecule has 2 N–H and O–H groups in total. The van der Waals surface area contributed by atoms with Crippen molar-refractivity contribution in [3.05, 3.63) is 107 Å². The maximum atomic E-state index is 15.3. The maximum absolute atomic E-state index is 15.3. The highest BCUT2D eigenvalue weighted by molar-refractivity contribution is 6.03. The number of carbonyl (C=O) groups excluding carboxylic acids is 2. The van der Waals surface area contributed by atoms with Crippen molar-refractivity contribution in [2.45, 2.75) is 65.3 Å². The molecule has 4 aromatic rings. The van der Waals surface area contributed by atoms with Crippen molar-refractivity contribution >= 4 is 17.5 Å². The van der Waals surface area contributed by atoms with Crippen LogP contribution in [-0.4, -0.2) is 26.6 Å². The van der Waals surface area contributed by atoms with Crippen LogP contribution >= 0.6 is 0 Å². The molecule has 7 nitrogen and oxygen atoms in total. The molecule has 218 valence electrons. The number of halogens is 1. The highest BCUT2D eigenvalue weighted by Crippen LogP contribution is 2.42. The van der Waals surface area contributed by atoms with Gasteiger partial charge in [0.1, 0.15) is 11.5 Å². The van der Waals surface area contributed by atoms with Crippen LogP contribution < -0.4 is 10.6 Å². The fourth-order valence-corrected chi connectivity index (χ4v) is 5.45. The number of nitrogens with one attached hydrogen (secondary N) is 2. The molecule has 42 heavy (non-hydrogen) atoms. The first-order valence-corrected chi connectivity index (χ1v) is 14.6. The topological polar surface area (TPSA) is 88.9 Å². The van der Waals surface area contributed by atoms with Crippen LogP contribution in [0.15, 0.2) is 73.1 Å². The monoisotopic (exact) mass is 567 g/mol. The number of hydrogen-bond acceptors (Lipinski definition) is 4. The van der Waals surface area contributed by atoms with Gasteiger partial charge in [-0.05, 0) is 86.1 Å². The molecule has 0 spiro atoms. The Kier molecular flexibility index (Phi) is 8.52. The summed E-state index contributed by atoms with van der Waals surface area (Å²) in [6.07, 6.45) is 7.69. The molecular formula is C34H38FN5O2. The summed E-state index contributed by atoms with van der Waals surface area (Å²) in [5, 5.41) is 10.6. The Labute approximate surface area is 246 Å². The van der Waals surface area contributed by atoms with E-state index >= 15 is 4.39 Å². The third kappa shape index (κ3) is 6.59. The predicted octanol–water partition coefficient (Wildman–Crippen LogP) is 6.87. The summed E-state index contributed by atoms with van der Waals surface area (Å²) in [5.41, 5.74) is 3.34. The molecule has 2 amide bonds. The third-order valence-corrected chi connectivity index (χ3v) is 7.74. The van der Waals surface area contributed by atoms with Gasteiger partial charge in [-0.25, -0.2) is 9.07 Å². The minimum atomic E-state index is -0.935. The SMILES string of the molecule is Cc1cccc(-n2nc(C)cc2C(=O)Nc2cc(C(CCC3CC3)(NC(=O)CC(C)C)c3cccnc3)ccc2F)c1. The Morgan fingerprint density at radius 1 is 1.05 bits per heavy atom. The number of aromatic nitrogens is 3. The summed E-state index contributed by atoms with van der Waals surface area (Å²) in [5.74, 6) is -0.363. The van der Waals surface area contributed by atoms with Crippen LogP contribution in [0.5, 0.6) is 0 Å². The van der Waals surface area contributed by atoms with Gasteiger partial charge in [0, 0.05) is 24.4 Å². The highest BCUT2D eigenvalue weighted by Gasteiger charge is 2.38. The Balaban J connectivity index is 1.54. The Bertz CT molecular complexity index is 1580. The fourth-order valence-electron chi connectivity index (χ4n) is 5.45. The summed E-state index contributed by atoms with van der Waals surface area (Å²) in [4.78, 5) is 31.3. The van der Waals surface area contributed by atoms with Crippen molar-refractivity contribution in [3.63, 3.8) is 0 Å². The lowest BCUT2D eigenvalue weighted by Crippen LogP contribution is -2.47. The molecule has 5 rings (SSSR count). The Hall–Kier alpha value is -4.33. The summed E-state index contributed by atoms with van der Waals surface area (Å²) in [6.45, 7) is 7.79. The molecule has 1 fully saturated rings. The van der Waals surface area contributed by atoms with E-state index in [1.165, 1.54) is 18.9 Å². The molecular weight excluding hydrogens is 529 g/mol. The molecule has 1 unspecified atom stereocenters. The number of carbonyl (C=O) groups is 2. The van der Waals surface area contributed by atoms with Crippen LogP contribution in [0.3, 0.4) is 0 Å². The molecule has 0 saturated heterocycles. The summed E-state index contributed by atoms with van der Waals surface area (Å²) < 4.78 is 16.9. The summed E-state index contributed by atoms with van der Waals surface area (Å²) >= 11 is 0. The number of nitrogens with zero attached hydrogens (tertiary/aromatic N) is 3. The molecule has 2 aromatic heterocycles. The number of anilines is 1. The van der Waals surface area contributed by atoms with E-state index in [2.05, 4.69) is 20.7 Å². The molecule has 2 heterocycles. The van der Waals surface area contributed by atoms with Crippen LogP contribution in [0.1, 0.15) is 78.8 Å². The predicted molar refractivity (Wildman–Crippen MR) is 162 cm³/mol. The van der Waals surface area contributed by atoms with Crippen molar-refractivity contribution < 1.29 is 14.0 Å². The maximum Gasteiger partial charge on any atom is 0.274 e. The molecule has 0 bridgehead atoms. The smallest absolute Gasteiger partial charge is 0.274 e. The van der Waals surface area contributed by atoms with Crippen molar-refractivity contribution in [2.24, 2.45) is 11.8 Å². The van der Waals surface area contributed by atoms with Gasteiger partial charge in [0.15, 0.2) is 0 Å². The number of pyridine rings is 1. The number of aryl methyl sites for hydroxylation is 2. The number of amides is 2. The average Bonchev–Trinajstić information content (AvgIpc) is 3.71. The van der Waals surface area contributed by atoms with E-state index in [0.29, 0.717) is 35.7 Å². The standard InChI is InChI=1S/C34H38FN5O2/c1-22(2)17-32(41)38-34(15-14-25-10-11-25,27-8-6-16-36-21-27)26-12-13-29(35)30(20-26)37-33(42)31-19-24(4)39-40(31)28-9-5-7-23(3)18-28/h5-9,12-13,16,18-22,25H,10-11,14-15,17H2,1-4H3,(H,37,42)(H,38,41). The van der Waals surface area contributed by atoms with E-state index in [1.807, 2.05) is 64.1 Å². The Morgan fingerprint density at radius 3 is 2.55 bits per heavy atom. The molecule has 1 aliphatic rings. The Morgan fingerprint density at radius 2 is 1.86 bits per heavy atom. The molecule has 2 aromatic carbocycles. The average molecular weight is 568 g/mol. The quantitative estimate of drug-likeness (QED) is 0.207. The van der Waals surface area contributed by atoms with Gasteiger partial charge >= 0.3 is 0 Å². The van der Waals surface area contributed by atoms with Gasteiger partial charge in [-0.1, -0.05) is 51.0 Å². The highest BCUT2D eigenvalue weighted by atomic mass is 19.1. The molecule has 0 aliphatic heterocycles. The lowest BCUT2D eigenvalue weighted by molar-refractivity contribution is -0.123. The lowest BCUT2D eigenvalue weighted by atomic mass is 9.78. The molecule has 1 atom stereocenters. The van der Waals surface area contributed by atoms with Crippen molar-refractivity contribution in [2.75, 3.05) is 5.32 Å². The van der Waals surface area contributed by atoms with Crippen LogP contribution in [0.2, 0.25) is 0 Å². The first kappa shape index (κ1) is 29.2. The second-order valence-corrected chi connectivity index (χ2v) is 11.8. The lowest BCUT2D eigenvalue weighted by Gasteiger charge is -2.37. The molecule has 1 aliphatic carbocycles. The first-order valence-electron chi connectivity index (χ1n) is 14.6. The second kappa shape index (κ2) is 12.3. The van der Waals surface area contributed by atoms with Crippen molar-refractivity contribution in [1.29, 1.82) is 0 Å². The van der Waals surface area contributed by atoms with Gasteiger partial charge in [-0.3, -0.25) is 14.6 Å². The zero-order chi connectivity index (χ0) is 29.9. The van der Waals surface area contributed by atoms with E-state index in [0.717, 1.165) is 23.2 Å². The van der Waals surface area contributed by atoms with E-state index in [1.54, 1.807) is 35.3 Å². The van der Waals surface area contributed by atoms with Crippen molar-refractivity contribution in [3.8, 4) is 5.69 Å². The zero-order valence-electron chi connectivity index (χ0n) is 24.7. The largest absolute Gasteiger partial charge is 0.342 e. The normalized spacial score (nSPS) is 14.4. The van der Waals surface area contributed by atoms with Gasteiger partial charge in [-0.15, -0.1) is 0 Å². The van der Waals surface area contributed by atoms with Gasteiger partial charge < -0.3 is 10.6 Å². The van der Waals surface area contributed by atoms with E-state index in [-0.39, 0.29) is 17.5 Å². The number of hydrogen-bond donors (Lipinski definition) is 2. The molecule has 1 saturated carbocycles. The zero-order valence-corrected chi connectivity index (χ0v) is 24.7. The van der Waals surface area contributed by atoms with E-state index in [4.69, 9.17) is 0 Å². The van der Waals surface area contributed by atoms with Crippen LogP contribution in [0.4, 0.5) is 10.1 Å². The van der Waals surface area contributed by atoms with Gasteiger partial charge in [0.25, 0.3) is 5.91 Å². The number of rotatable bonds is 11. The van der Waals surface area contributed by atoms with Gasteiger partial charge in [-0.2, -0.15) is 5.10 Å². The van der Waals surface area contributed by atoms with Crippen LogP contribution in [0, 0.1) is 31.5 Å². The first-order chi connectivity index (χ1) is 20.1. The minimum Gasteiger partial charge on any atom is -0.342 e. The van der Waals surface area contributed by atoms with Crippen molar-refractivity contribution in [1.82, 2.24) is 20.1 Å². The van der Waals surface area contributed by atoms with Crippen LogP contribution in [-0.2, 0) is 10.3 Å². The molecule has 8 heteroatoms. The fraction of sp³-hybridized carbons (Fsp3) is 0.353. The van der Waals surface area contributed by atoms with E-state index in [9.17, 15) is 9.59 Å². The van der Waals surface area contributed by atoms with Gasteiger partial charge in [0.05, 0.1) is 22.6 Å². The third-order valence-electron chi connectivity index (χ3n) is 7.74. The minimum absolute atomic E-state index is 0.0324. The summed E-state index contributed by atoms with van der Waals surface area (Å²) in [6, 6.07) is 17.8. The second-order valence-electron chi connectivity index (χ2n) is 11.8. The van der Waals surface area contributed by atoms with Crippen LogP contribution in [0.25, 0.3) is 5.69 Å².